The summed E-state index contributed by atoms with van der Waals surface area (Å²) in [5.74, 6) is -0.763. The van der Waals surface area contributed by atoms with Gasteiger partial charge in [0.2, 0.25) is 0 Å². The molecule has 0 bridgehead atoms. The van der Waals surface area contributed by atoms with Gasteiger partial charge < -0.3 is 14.8 Å². The van der Waals surface area contributed by atoms with Gasteiger partial charge in [-0.15, -0.1) is 0 Å². The van der Waals surface area contributed by atoms with Crippen LogP contribution in [-0.4, -0.2) is 38.2 Å². The van der Waals surface area contributed by atoms with Gasteiger partial charge in [-0.3, -0.25) is 9.59 Å². The van der Waals surface area contributed by atoms with Gasteiger partial charge in [-0.25, -0.2) is 0 Å². The molecule has 1 unspecified atom stereocenters. The lowest BCUT2D eigenvalue weighted by molar-refractivity contribution is -0.155. The molecule has 0 aromatic heterocycles. The summed E-state index contributed by atoms with van der Waals surface area (Å²) in [6.07, 6.45) is -0.411. The molecule has 5 nitrogen and oxygen atoms in total. The summed E-state index contributed by atoms with van der Waals surface area (Å²) in [6, 6.07) is 0. The van der Waals surface area contributed by atoms with Gasteiger partial charge in [0.1, 0.15) is 12.7 Å². The van der Waals surface area contributed by atoms with Gasteiger partial charge in [0.15, 0.2) is 0 Å². The van der Waals surface area contributed by atoms with E-state index in [9.17, 15) is 9.59 Å². The predicted octanol–water partition coefficient (Wildman–Crippen LogP) is -0.299. The first-order chi connectivity index (χ1) is 6.06. The summed E-state index contributed by atoms with van der Waals surface area (Å²) >= 11 is 0. The molecule has 0 spiro atoms. The Hall–Kier alpha value is -1.10. The minimum absolute atomic E-state index is 0.0930. The molecule has 0 fully saturated rings. The van der Waals surface area contributed by atoms with Gasteiger partial charge in [0.05, 0.1) is 0 Å². The topological polar surface area (TPSA) is 64.6 Å². The van der Waals surface area contributed by atoms with Crippen LogP contribution in [0.1, 0.15) is 13.8 Å². The van der Waals surface area contributed by atoms with E-state index in [0.29, 0.717) is 6.54 Å². The highest BCUT2D eigenvalue weighted by Gasteiger charge is 2.12. The van der Waals surface area contributed by atoms with Crippen molar-refractivity contribution < 1.29 is 19.1 Å². The Balaban J connectivity index is 3.79. The number of hydrogen-bond donors (Lipinski definition) is 1. The molecule has 76 valence electrons. The van der Waals surface area contributed by atoms with E-state index in [1.54, 1.807) is 7.05 Å². The fourth-order valence-corrected chi connectivity index (χ4v) is 0.807. The van der Waals surface area contributed by atoms with Crippen molar-refractivity contribution in [1.82, 2.24) is 5.32 Å². The third-order valence-corrected chi connectivity index (χ3v) is 1.24. The van der Waals surface area contributed by atoms with Crippen molar-refractivity contribution in [3.05, 3.63) is 0 Å². The van der Waals surface area contributed by atoms with Crippen molar-refractivity contribution in [3.8, 4) is 0 Å². The summed E-state index contributed by atoms with van der Waals surface area (Å²) < 4.78 is 9.56. The van der Waals surface area contributed by atoms with Crippen LogP contribution in [0.4, 0.5) is 0 Å². The number of esters is 2. The van der Waals surface area contributed by atoms with Crippen LogP contribution in [0.2, 0.25) is 0 Å². The smallest absolute Gasteiger partial charge is 0.303 e. The number of ether oxygens (including phenoxy) is 2. The first-order valence-electron chi connectivity index (χ1n) is 4.01. The molecule has 13 heavy (non-hydrogen) atoms. The van der Waals surface area contributed by atoms with Crippen molar-refractivity contribution in [2.45, 2.75) is 20.0 Å². The number of carbonyl (C=O) groups is 2. The highest BCUT2D eigenvalue weighted by Crippen LogP contribution is 1.93. The third kappa shape index (κ3) is 7.27. The van der Waals surface area contributed by atoms with Crippen LogP contribution in [0, 0.1) is 0 Å². The van der Waals surface area contributed by atoms with Crippen LogP contribution in [0.5, 0.6) is 0 Å². The molecule has 1 N–H and O–H groups in total. The molecule has 0 saturated heterocycles. The van der Waals surface area contributed by atoms with Gasteiger partial charge in [-0.1, -0.05) is 0 Å². The fraction of sp³-hybridized carbons (Fsp3) is 0.750. The molecule has 5 heteroatoms. The number of likely N-dealkylation sites (N-methyl/N-ethyl adjacent to an activating group) is 1. The van der Waals surface area contributed by atoms with Crippen LogP contribution in [0.25, 0.3) is 0 Å². The Morgan fingerprint density at radius 1 is 1.31 bits per heavy atom. The van der Waals surface area contributed by atoms with Gasteiger partial charge in [-0.05, 0) is 7.05 Å². The number of carbonyl (C=O) groups excluding carboxylic acids is 2. The maximum atomic E-state index is 10.6. The van der Waals surface area contributed by atoms with Gasteiger partial charge in [0.25, 0.3) is 0 Å². The Bertz CT molecular complexity index is 181. The number of hydrogen-bond acceptors (Lipinski definition) is 5. The molecule has 0 amide bonds. The van der Waals surface area contributed by atoms with Crippen molar-refractivity contribution in [2.75, 3.05) is 20.2 Å². The Kier molecular flexibility index (Phi) is 5.88. The van der Waals surface area contributed by atoms with Gasteiger partial charge in [0, 0.05) is 20.4 Å². The van der Waals surface area contributed by atoms with Crippen molar-refractivity contribution in [2.24, 2.45) is 0 Å². The molecule has 0 aromatic carbocycles. The molecule has 0 rings (SSSR count). The number of nitrogens with one attached hydrogen (secondary N) is 1. The zero-order valence-electron chi connectivity index (χ0n) is 8.12. The molecule has 0 radical (unpaired) electrons. The molecule has 0 heterocycles. The molecular formula is C8H15NO4. The molecular weight excluding hydrogens is 174 g/mol. The van der Waals surface area contributed by atoms with Gasteiger partial charge in [-0.2, -0.15) is 0 Å². The van der Waals surface area contributed by atoms with E-state index in [1.807, 2.05) is 0 Å². The quantitative estimate of drug-likeness (QED) is 0.601. The Morgan fingerprint density at radius 2 is 1.92 bits per heavy atom. The molecule has 0 aliphatic heterocycles. The maximum Gasteiger partial charge on any atom is 0.303 e. The fourth-order valence-electron chi connectivity index (χ4n) is 0.807. The predicted molar refractivity (Wildman–Crippen MR) is 46.1 cm³/mol. The second-order valence-electron chi connectivity index (χ2n) is 2.59. The second kappa shape index (κ2) is 6.42. The monoisotopic (exact) mass is 189 g/mol. The van der Waals surface area contributed by atoms with Crippen LogP contribution in [0.15, 0.2) is 0 Å². The lowest BCUT2D eigenvalue weighted by atomic mass is 10.4. The Labute approximate surface area is 77.4 Å². The summed E-state index contributed by atoms with van der Waals surface area (Å²) in [5.41, 5.74) is 0. The summed E-state index contributed by atoms with van der Waals surface area (Å²) in [7, 11) is 1.73. The highest BCUT2D eigenvalue weighted by atomic mass is 16.6. The van der Waals surface area contributed by atoms with Crippen LogP contribution in [-0.2, 0) is 19.1 Å². The van der Waals surface area contributed by atoms with Crippen molar-refractivity contribution in [3.63, 3.8) is 0 Å². The van der Waals surface area contributed by atoms with E-state index in [0.717, 1.165) is 0 Å². The SMILES string of the molecule is CNCC(COC(C)=O)OC(C)=O. The minimum atomic E-state index is -0.411. The van der Waals surface area contributed by atoms with E-state index >= 15 is 0 Å². The normalized spacial score (nSPS) is 11.9. The van der Waals surface area contributed by atoms with E-state index in [2.05, 4.69) is 5.32 Å². The van der Waals surface area contributed by atoms with Crippen molar-refractivity contribution in [1.29, 1.82) is 0 Å². The third-order valence-electron chi connectivity index (χ3n) is 1.24. The maximum absolute atomic E-state index is 10.6. The summed E-state index contributed by atoms with van der Waals surface area (Å²) in [6.45, 7) is 3.18. The summed E-state index contributed by atoms with van der Waals surface area (Å²) in [5, 5.41) is 2.83. The average molecular weight is 189 g/mol. The number of rotatable bonds is 5. The minimum Gasteiger partial charge on any atom is -0.462 e. The molecule has 0 aliphatic rings. The largest absolute Gasteiger partial charge is 0.462 e. The molecule has 1 atom stereocenters. The zero-order chi connectivity index (χ0) is 10.3. The van der Waals surface area contributed by atoms with E-state index in [4.69, 9.17) is 9.47 Å². The van der Waals surface area contributed by atoms with Crippen LogP contribution < -0.4 is 5.32 Å². The first kappa shape index (κ1) is 11.9. The molecule has 0 saturated carbocycles. The van der Waals surface area contributed by atoms with Crippen LogP contribution >= 0.6 is 0 Å². The van der Waals surface area contributed by atoms with Crippen LogP contribution in [0.3, 0.4) is 0 Å². The van der Waals surface area contributed by atoms with Crippen molar-refractivity contribution >= 4 is 11.9 Å². The van der Waals surface area contributed by atoms with E-state index in [-0.39, 0.29) is 18.5 Å². The lowest BCUT2D eigenvalue weighted by Gasteiger charge is -2.15. The summed E-state index contributed by atoms with van der Waals surface area (Å²) in [4.78, 5) is 21.0. The zero-order valence-corrected chi connectivity index (χ0v) is 8.12. The second-order valence-corrected chi connectivity index (χ2v) is 2.59. The molecule has 0 aliphatic carbocycles. The van der Waals surface area contributed by atoms with E-state index in [1.165, 1.54) is 13.8 Å². The average Bonchev–Trinajstić information content (AvgIpc) is 1.99. The Morgan fingerprint density at radius 3 is 2.31 bits per heavy atom. The van der Waals surface area contributed by atoms with Gasteiger partial charge >= 0.3 is 11.9 Å². The van der Waals surface area contributed by atoms with E-state index < -0.39 is 6.10 Å². The first-order valence-corrected chi connectivity index (χ1v) is 4.01. The molecule has 0 aromatic rings. The standard InChI is InChI=1S/C8H15NO4/c1-6(10)12-5-8(4-9-3)13-7(2)11/h8-9H,4-5H2,1-3H3. The lowest BCUT2D eigenvalue weighted by Crippen LogP contribution is -2.33. The highest BCUT2D eigenvalue weighted by molar-refractivity contribution is 5.67.